The standard InChI is InChI=1S/C14H2.C12H6.C11H4.C10H2.C9H4.C7H4.C6H2.C5H4.C3H4.C2H2.H4N8.H4N4.H2O15.H2O13.H2S.3H2/c1-3-5-7-9-11-13-14-12-10-8-6-4-2;1-3-5-7-9-11-12-10-8-6-4-2;1-3-5-7-9-11-10-8-6-4-2;1-3-5-7-9-10-8-6-4-2;1-3-5-7-9-8-6-4-2;1-3-5-7-6-4-2;1-3-5-6-4-2;1-3-5-4-2;1-3-2;1-2;1-3-5-7-8-6-4-2;1-3-4-2;1-3-5-7-9-11-13-15-14-12-10-8-6-4-2;1-3-5-7-9-11-13-12-10-8-6-4-2;;;;/h1-2H;1-2H3;1H,2H3;1-2H;1H,2H3;1H,2H3;1-2H;1H,2H3;1H,2H3;1-2H;(H2,1,4,5,8)(H2,2,3,6,7);(H2,1,4)(H2,2,3);1-2H;1-2H;1H2;3*1H. The van der Waals surface area contributed by atoms with Crippen molar-refractivity contribution in [1.29, 1.82) is 0 Å². The van der Waals surface area contributed by atoms with Gasteiger partial charge in [0.2, 0.25) is 0 Å². The molecule has 0 aromatic rings. The Morgan fingerprint density at radius 3 is 0.392 bits per heavy atom. The van der Waals surface area contributed by atoms with Gasteiger partial charge in [0, 0.05) is 4.28 Å². The molecular weight excluding hydrogens is 1600 g/mol. The Morgan fingerprint density at radius 2 is 0.292 bits per heavy atom. The molecule has 0 unspecified atom stereocenters. The van der Waals surface area contributed by atoms with Crippen LogP contribution in [0.2, 0.25) is 0 Å². The molecule has 41 heteroatoms. The van der Waals surface area contributed by atoms with Crippen LogP contribution in [0.25, 0.3) is 0 Å². The van der Waals surface area contributed by atoms with Gasteiger partial charge in [-0.1, -0.05) is 56.4 Å². The Kier molecular flexibility index (Phi) is 215. The lowest BCUT2D eigenvalue weighted by Gasteiger charge is -1.97. The first kappa shape index (κ1) is 137. The van der Waals surface area contributed by atoms with Crippen LogP contribution in [0.4, 0.5) is 0 Å². The van der Waals surface area contributed by atoms with Crippen molar-refractivity contribution in [3.05, 3.63) is 0 Å². The quantitative estimate of drug-likeness (QED) is 0.0171. The van der Waals surface area contributed by atoms with E-state index in [1.54, 1.807) is 48.5 Å². The van der Waals surface area contributed by atoms with Gasteiger partial charge in [-0.2, -0.15) is 13.5 Å². The van der Waals surface area contributed by atoms with Gasteiger partial charge < -0.3 is 23.4 Å². The summed E-state index contributed by atoms with van der Waals surface area (Å²) in [6.07, 6.45) is 60.5. The highest BCUT2D eigenvalue weighted by Gasteiger charge is 1.98. The molecule has 0 saturated heterocycles. The zero-order valence-corrected chi connectivity index (χ0v) is 63.0. The first-order valence-corrected chi connectivity index (χ1v) is 26.1. The number of nitrogens with zero attached hydrogens (tertiary/aromatic N) is 8. The minimum atomic E-state index is 0. The number of terminal acetylenes is 12. The van der Waals surface area contributed by atoms with E-state index in [4.69, 9.17) is 85.3 Å². The van der Waals surface area contributed by atoms with Crippen LogP contribution in [0.5, 0.6) is 0 Å². The lowest BCUT2D eigenvalue weighted by atomic mass is 10.5. The van der Waals surface area contributed by atoms with Gasteiger partial charge in [0.05, 0.1) is 0 Å². The summed E-state index contributed by atoms with van der Waals surface area (Å²) in [7, 11) is 0. The Morgan fingerprint density at radius 1 is 0.183 bits per heavy atom. The Bertz CT molecular complexity index is 5020. The summed E-state index contributed by atoms with van der Waals surface area (Å²) >= 11 is 0. The molecule has 12 N–H and O–H groups in total. The maximum atomic E-state index is 7.44. The summed E-state index contributed by atoms with van der Waals surface area (Å²) in [5.74, 6) is 159. The molecule has 604 valence electrons. The Hall–Kier alpha value is -19.0. The third-order valence-corrected chi connectivity index (χ3v) is 4.51. The molecule has 0 aromatic carbocycles. The van der Waals surface area contributed by atoms with Gasteiger partial charge in [-0.05, 0) is 498 Å². The van der Waals surface area contributed by atoms with Gasteiger partial charge in [0.15, 0.2) is 0 Å². The van der Waals surface area contributed by atoms with Crippen molar-refractivity contribution >= 4 is 13.5 Å². The number of hydrogen-bond acceptors (Lipinski definition) is 32. The zero-order valence-electron chi connectivity index (χ0n) is 62.0. The average Bonchev–Trinajstić information content (AvgIpc) is 1.26. The largest absolute Gasteiger partial charge is 0.303 e. The third kappa shape index (κ3) is 273. The molecule has 0 aliphatic carbocycles. The van der Waals surface area contributed by atoms with Gasteiger partial charge >= 0.3 is 0 Å². The van der Waals surface area contributed by atoms with Crippen LogP contribution in [0.3, 0.4) is 0 Å². The highest BCUT2D eigenvalue weighted by Crippen LogP contribution is 1.91. The number of nitrogens with two attached hydrogens (primary N) is 4. The first-order chi connectivity index (χ1) is 58.4. The molecule has 0 aliphatic rings. The first-order valence-electron chi connectivity index (χ1n) is 26.1. The lowest BCUT2D eigenvalue weighted by molar-refractivity contribution is -0.879. The van der Waals surface area contributed by atoms with Crippen LogP contribution in [-0.4, -0.2) is 21.0 Å². The molecule has 120 heavy (non-hydrogen) atoms. The molecule has 0 aromatic heterocycles. The summed E-state index contributed by atoms with van der Waals surface area (Å²) in [6.45, 7) is 11.9. The second kappa shape index (κ2) is 189. The van der Waals surface area contributed by atoms with Gasteiger partial charge in [0.25, 0.3) is 0 Å². The molecule has 0 bridgehead atoms. The highest BCUT2D eigenvalue weighted by molar-refractivity contribution is 7.59. The van der Waals surface area contributed by atoms with Gasteiger partial charge in [-0.3, -0.25) is 0 Å². The zero-order chi connectivity index (χ0) is 92.3. The summed E-state index contributed by atoms with van der Waals surface area (Å²) < 4.78 is 0. The van der Waals surface area contributed by atoms with E-state index >= 15 is 0 Å². The van der Waals surface area contributed by atoms with Crippen LogP contribution < -0.4 is 23.4 Å². The van der Waals surface area contributed by atoms with Crippen molar-refractivity contribution in [2.75, 3.05) is 0 Å². The van der Waals surface area contributed by atoms with Crippen LogP contribution >= 0.6 is 13.5 Å². The van der Waals surface area contributed by atoms with Crippen molar-refractivity contribution in [2.24, 2.45) is 65.2 Å². The van der Waals surface area contributed by atoms with Crippen molar-refractivity contribution in [3.8, 4) is 433 Å². The van der Waals surface area contributed by atoms with E-state index in [9.17, 15) is 0 Å². The predicted molar refractivity (Wildman–Crippen MR) is 423 cm³/mol. The van der Waals surface area contributed by atoms with E-state index in [0.29, 0.717) is 0 Å². The molecule has 0 fully saturated rings. The SMILES string of the molecule is C#C.C#CC.C#CC#CC.C#CC#CC#C.C#CC#CC#CC.C#CC#CC#CC#CC.C#CC#CC#CC#CC#C.C#CC#CC#CC#CC#CC.C#CC#CC#CC#CC#CC#CC#C.CC#CC#CC#CC#CC#CC.N/N=N/N.N/N=N/N=N/N=N/N.OOOOOOOOOOOOO.OOOOOOOOOOOOOOO.S.[HH].[HH].[HH]. The maximum absolute atomic E-state index is 7.44. The van der Waals surface area contributed by atoms with Gasteiger partial charge in [0.1, 0.15) is 0 Å². The maximum Gasteiger partial charge on any atom is 0 e. The van der Waals surface area contributed by atoms with Gasteiger partial charge in [-0.25, -0.2) is 21.0 Å². The molecule has 0 heterocycles. The smallest absolute Gasteiger partial charge is 0 e. The molecule has 40 nitrogen and oxygen atoms in total. The highest BCUT2D eigenvalue weighted by atomic mass is 32.1. The minimum Gasteiger partial charge on any atom is -0.303 e. The molecule has 0 radical (unpaired) electrons. The number of rotatable bonds is 24. The van der Waals surface area contributed by atoms with E-state index in [1.165, 1.54) is 0 Å². The molecular formula is C79H54N12O28S. The molecule has 0 aliphatic heterocycles. The fraction of sp³-hybridized carbons (Fsp3) is 0.0886. The summed E-state index contributed by atoms with van der Waals surface area (Å²) in [4.78, 5) is 0. The predicted octanol–water partition coefficient (Wildman–Crippen LogP) is 3.66. The average molecular weight is 1650 g/mol. The van der Waals surface area contributed by atoms with Gasteiger partial charge in [-0.15, -0.1) is 89.4 Å². The minimum absolute atomic E-state index is 0. The second-order valence-electron chi connectivity index (χ2n) is 11.0. The van der Waals surface area contributed by atoms with E-state index in [2.05, 4.69) is 555 Å². The van der Waals surface area contributed by atoms with Crippen LogP contribution in [-0.2, 0) is 121 Å². The van der Waals surface area contributed by atoms with E-state index in [1.807, 2.05) is 0 Å². The summed E-state index contributed by atoms with van der Waals surface area (Å²) in [5, 5.41) is 130. The molecule has 0 atom stereocenters. The lowest BCUT2D eigenvalue weighted by Crippen LogP contribution is -2.03. The normalized spacial score (nSPS) is 5.88. The van der Waals surface area contributed by atoms with E-state index in [-0.39, 0.29) is 17.8 Å². The topological polar surface area (TPSA) is 505 Å². The molecule has 0 amide bonds. The van der Waals surface area contributed by atoms with E-state index in [0.717, 1.165) is 0 Å². The summed E-state index contributed by atoms with van der Waals surface area (Å²) in [6, 6.07) is 0. The molecule has 0 rings (SSSR count). The van der Waals surface area contributed by atoms with Crippen LogP contribution in [0.15, 0.2) is 41.8 Å². The Balaban J connectivity index is -0.0000000614. The van der Waals surface area contributed by atoms with Crippen molar-refractivity contribution in [2.45, 2.75) is 48.5 Å². The van der Waals surface area contributed by atoms with Crippen molar-refractivity contribution < 1.29 is 146 Å². The molecule has 0 saturated carbocycles. The van der Waals surface area contributed by atoms with Crippen molar-refractivity contribution in [3.63, 3.8) is 0 Å². The Labute approximate surface area is 703 Å². The fourth-order valence-electron chi connectivity index (χ4n) is 1.87. The summed E-state index contributed by atoms with van der Waals surface area (Å²) in [5.41, 5.74) is 0. The third-order valence-electron chi connectivity index (χ3n) is 4.51. The number of hydrogen-bond donors (Lipinski definition) is 8. The van der Waals surface area contributed by atoms with Crippen LogP contribution in [0, 0.1) is 433 Å². The van der Waals surface area contributed by atoms with E-state index < -0.39 is 0 Å². The molecule has 0 spiro atoms. The van der Waals surface area contributed by atoms with Crippen molar-refractivity contribution in [1.82, 2.24) is 0 Å². The second-order valence-corrected chi connectivity index (χ2v) is 11.0. The van der Waals surface area contributed by atoms with Crippen LogP contribution in [0.1, 0.15) is 52.7 Å². The monoisotopic (exact) mass is 1650 g/mol. The fourth-order valence-corrected chi connectivity index (χ4v) is 1.87.